The molecule has 2 saturated heterocycles. The molecule has 6 nitrogen and oxygen atoms in total. The van der Waals surface area contributed by atoms with Crippen molar-refractivity contribution in [1.29, 1.82) is 0 Å². The molecule has 1 atom stereocenters. The number of piperidine rings is 1. The Morgan fingerprint density at radius 3 is 2.40 bits per heavy atom. The summed E-state index contributed by atoms with van der Waals surface area (Å²) in [5, 5.41) is 9.62. The van der Waals surface area contributed by atoms with Crippen molar-refractivity contribution in [2.24, 2.45) is 0 Å². The van der Waals surface area contributed by atoms with Gasteiger partial charge in [0.05, 0.1) is 6.61 Å². The van der Waals surface area contributed by atoms with Gasteiger partial charge in [0.1, 0.15) is 5.72 Å². The largest absolute Gasteiger partial charge is 0.480 e. The van der Waals surface area contributed by atoms with Crippen LogP contribution in [0.15, 0.2) is 48.5 Å². The van der Waals surface area contributed by atoms with Crippen molar-refractivity contribution in [2.45, 2.75) is 31.2 Å². The van der Waals surface area contributed by atoms with Gasteiger partial charge in [0.25, 0.3) is 5.91 Å². The number of benzene rings is 2. The van der Waals surface area contributed by atoms with Crippen LogP contribution in [0.1, 0.15) is 28.8 Å². The summed E-state index contributed by atoms with van der Waals surface area (Å²) in [6.45, 7) is 1.84. The molecule has 2 aliphatic heterocycles. The number of carboxylic acid groups (broad SMARTS) is 1. The number of carbonyl (C=O) groups is 2. The molecule has 2 heterocycles. The average Bonchev–Trinajstić information content (AvgIpc) is 3.11. The SMILES string of the molecule is O=C(O)C1COC2(CCN(Cc3ccccc3)CC2)N1C(=O)c1ccc(F)c(F)c1. The first-order valence-electron chi connectivity index (χ1n) is 9.81. The monoisotopic (exact) mass is 416 g/mol. The molecule has 8 heteroatoms. The van der Waals surface area contributed by atoms with Gasteiger partial charge in [-0.1, -0.05) is 30.3 Å². The second kappa shape index (κ2) is 8.12. The van der Waals surface area contributed by atoms with Gasteiger partial charge in [0, 0.05) is 38.0 Å². The van der Waals surface area contributed by atoms with Crippen LogP contribution in [0.3, 0.4) is 0 Å². The van der Waals surface area contributed by atoms with Crippen LogP contribution >= 0.6 is 0 Å². The molecule has 0 aromatic heterocycles. The van der Waals surface area contributed by atoms with Crippen molar-refractivity contribution in [2.75, 3.05) is 19.7 Å². The van der Waals surface area contributed by atoms with Gasteiger partial charge in [-0.15, -0.1) is 0 Å². The molecule has 4 rings (SSSR count). The third-order valence-corrected chi connectivity index (χ3v) is 5.82. The van der Waals surface area contributed by atoms with Gasteiger partial charge in [0.2, 0.25) is 0 Å². The summed E-state index contributed by atoms with van der Waals surface area (Å²) in [5.74, 6) is -4.08. The van der Waals surface area contributed by atoms with Gasteiger partial charge in [0.15, 0.2) is 17.7 Å². The maximum Gasteiger partial charge on any atom is 0.328 e. The van der Waals surface area contributed by atoms with E-state index in [9.17, 15) is 23.5 Å². The van der Waals surface area contributed by atoms with Gasteiger partial charge in [-0.25, -0.2) is 13.6 Å². The number of aliphatic carboxylic acids is 1. The summed E-state index contributed by atoms with van der Waals surface area (Å²) in [6.07, 6.45) is 0.859. The van der Waals surface area contributed by atoms with Crippen molar-refractivity contribution in [3.05, 3.63) is 71.3 Å². The fourth-order valence-electron chi connectivity index (χ4n) is 4.23. The second-order valence-corrected chi connectivity index (χ2v) is 7.68. The van der Waals surface area contributed by atoms with E-state index in [0.717, 1.165) is 24.7 Å². The van der Waals surface area contributed by atoms with Crippen LogP contribution in [0.4, 0.5) is 8.78 Å². The lowest BCUT2D eigenvalue weighted by molar-refractivity contribution is -0.144. The third-order valence-electron chi connectivity index (χ3n) is 5.82. The summed E-state index contributed by atoms with van der Waals surface area (Å²) in [6, 6.07) is 11.6. The Morgan fingerprint density at radius 2 is 1.77 bits per heavy atom. The Hall–Kier alpha value is -2.84. The van der Waals surface area contributed by atoms with Crippen molar-refractivity contribution < 1.29 is 28.2 Å². The third kappa shape index (κ3) is 3.80. The molecule has 0 radical (unpaired) electrons. The molecule has 2 aromatic carbocycles. The minimum absolute atomic E-state index is 0.100. The van der Waals surface area contributed by atoms with Crippen LogP contribution in [-0.2, 0) is 16.1 Å². The minimum Gasteiger partial charge on any atom is -0.480 e. The Labute approximate surface area is 172 Å². The van der Waals surface area contributed by atoms with Gasteiger partial charge >= 0.3 is 5.97 Å². The number of halogens is 2. The lowest BCUT2D eigenvalue weighted by Gasteiger charge is -2.44. The average molecular weight is 416 g/mol. The molecular weight excluding hydrogens is 394 g/mol. The normalized spacial score (nSPS) is 21.1. The summed E-state index contributed by atoms with van der Waals surface area (Å²) in [5.41, 5.74) is -0.00581. The number of amides is 1. The Morgan fingerprint density at radius 1 is 1.07 bits per heavy atom. The molecule has 1 spiro atoms. The van der Waals surface area contributed by atoms with Crippen LogP contribution in [0.2, 0.25) is 0 Å². The molecule has 2 fully saturated rings. The van der Waals surface area contributed by atoms with Gasteiger partial charge in [-0.2, -0.15) is 0 Å². The van der Waals surface area contributed by atoms with E-state index in [2.05, 4.69) is 4.90 Å². The standard InChI is InChI=1S/C22H22F2N2O4/c23-17-7-6-16(12-18(17)24)20(27)26-19(21(28)29)14-30-22(26)8-10-25(11-9-22)13-15-4-2-1-3-5-15/h1-7,12,19H,8-11,13-14H2,(H,28,29). The number of nitrogens with zero attached hydrogens (tertiary/aromatic N) is 2. The van der Waals surface area contributed by atoms with E-state index in [1.807, 2.05) is 30.3 Å². The Kier molecular flexibility index (Phi) is 5.53. The van der Waals surface area contributed by atoms with Crippen LogP contribution in [-0.4, -0.2) is 58.2 Å². The van der Waals surface area contributed by atoms with Crippen LogP contribution in [0.25, 0.3) is 0 Å². The molecular formula is C22H22F2N2O4. The number of hydrogen-bond acceptors (Lipinski definition) is 4. The predicted octanol–water partition coefficient (Wildman–Crippen LogP) is 2.88. The van der Waals surface area contributed by atoms with E-state index in [1.165, 1.54) is 10.5 Å². The molecule has 158 valence electrons. The molecule has 0 bridgehead atoms. The summed E-state index contributed by atoms with van der Waals surface area (Å²) < 4.78 is 32.9. The molecule has 30 heavy (non-hydrogen) atoms. The highest BCUT2D eigenvalue weighted by molar-refractivity contribution is 5.97. The smallest absolute Gasteiger partial charge is 0.328 e. The number of likely N-dealkylation sites (tertiary alicyclic amines) is 1. The highest BCUT2D eigenvalue weighted by Crippen LogP contribution is 2.38. The summed E-state index contributed by atoms with van der Waals surface area (Å²) in [4.78, 5) is 28.4. The number of carbonyl (C=O) groups excluding carboxylic acids is 1. The molecule has 2 aromatic rings. The summed E-state index contributed by atoms with van der Waals surface area (Å²) in [7, 11) is 0. The van der Waals surface area contributed by atoms with E-state index < -0.39 is 35.3 Å². The molecule has 2 aliphatic rings. The van der Waals surface area contributed by atoms with Crippen molar-refractivity contribution in [3.8, 4) is 0 Å². The van der Waals surface area contributed by atoms with Crippen LogP contribution < -0.4 is 0 Å². The predicted molar refractivity (Wildman–Crippen MR) is 104 cm³/mol. The quantitative estimate of drug-likeness (QED) is 0.830. The molecule has 1 amide bonds. The minimum atomic E-state index is -1.19. The first-order chi connectivity index (χ1) is 14.4. The maximum absolute atomic E-state index is 13.7. The van der Waals surface area contributed by atoms with E-state index >= 15 is 0 Å². The van der Waals surface area contributed by atoms with E-state index in [1.54, 1.807) is 0 Å². The van der Waals surface area contributed by atoms with Crippen molar-refractivity contribution >= 4 is 11.9 Å². The molecule has 1 N–H and O–H groups in total. The number of carboxylic acids is 1. The first-order valence-corrected chi connectivity index (χ1v) is 9.81. The van der Waals surface area contributed by atoms with Gasteiger partial charge in [-0.3, -0.25) is 14.6 Å². The lowest BCUT2D eigenvalue weighted by Crippen LogP contribution is -2.58. The zero-order valence-electron chi connectivity index (χ0n) is 16.3. The Balaban J connectivity index is 1.55. The Bertz CT molecular complexity index is 945. The van der Waals surface area contributed by atoms with E-state index in [4.69, 9.17) is 4.74 Å². The first kappa shape index (κ1) is 20.4. The molecule has 1 unspecified atom stereocenters. The number of ether oxygens (including phenoxy) is 1. The van der Waals surface area contributed by atoms with Crippen molar-refractivity contribution in [3.63, 3.8) is 0 Å². The van der Waals surface area contributed by atoms with Gasteiger partial charge < -0.3 is 9.84 Å². The summed E-state index contributed by atoms with van der Waals surface area (Å²) >= 11 is 0. The molecule has 0 aliphatic carbocycles. The second-order valence-electron chi connectivity index (χ2n) is 7.68. The fourth-order valence-corrected chi connectivity index (χ4v) is 4.23. The van der Waals surface area contributed by atoms with Crippen LogP contribution in [0, 0.1) is 11.6 Å². The van der Waals surface area contributed by atoms with E-state index in [-0.39, 0.29) is 12.2 Å². The maximum atomic E-state index is 13.7. The lowest BCUT2D eigenvalue weighted by atomic mass is 9.96. The number of rotatable bonds is 4. The topological polar surface area (TPSA) is 70.1 Å². The zero-order valence-corrected chi connectivity index (χ0v) is 16.3. The zero-order chi connectivity index (χ0) is 21.3. The highest BCUT2D eigenvalue weighted by Gasteiger charge is 2.54. The van der Waals surface area contributed by atoms with Gasteiger partial charge in [-0.05, 0) is 23.8 Å². The van der Waals surface area contributed by atoms with Crippen LogP contribution in [0.5, 0.6) is 0 Å². The van der Waals surface area contributed by atoms with E-state index in [0.29, 0.717) is 25.9 Å². The van der Waals surface area contributed by atoms with Crippen molar-refractivity contribution in [1.82, 2.24) is 9.80 Å². The highest BCUT2D eigenvalue weighted by atomic mass is 19.2. The number of hydrogen-bond donors (Lipinski definition) is 1. The fraction of sp³-hybridized carbons (Fsp3) is 0.364. The molecule has 0 saturated carbocycles.